The van der Waals surface area contributed by atoms with E-state index in [1.54, 1.807) is 6.07 Å². The summed E-state index contributed by atoms with van der Waals surface area (Å²) in [5.41, 5.74) is -1.01. The summed E-state index contributed by atoms with van der Waals surface area (Å²) in [5, 5.41) is 21.2. The summed E-state index contributed by atoms with van der Waals surface area (Å²) in [6, 6.07) is 8.49. The molecule has 0 saturated heterocycles. The molecule has 2 aromatic carbocycles. The second-order valence-corrected chi connectivity index (χ2v) is 6.10. The van der Waals surface area contributed by atoms with Crippen molar-refractivity contribution in [2.45, 2.75) is 6.18 Å². The highest BCUT2D eigenvalue weighted by Crippen LogP contribution is 2.34. The fourth-order valence-electron chi connectivity index (χ4n) is 2.11. The molecule has 0 fully saturated rings. The Bertz CT molecular complexity index is 950. The van der Waals surface area contributed by atoms with Crippen molar-refractivity contribution in [3.63, 3.8) is 0 Å². The standard InChI is InChI=1S/C18H12BrF3N2O3/c1-27-16-6-10(14(19)8-15(16)25)5-11(9-23)17(26)24-13-4-2-3-12(7-13)18(20,21)22/h2-8,25H,1H3,(H,24,26)/b11-5+. The van der Waals surface area contributed by atoms with Gasteiger partial charge in [-0.1, -0.05) is 22.0 Å². The molecule has 0 aromatic heterocycles. The number of nitriles is 1. The van der Waals surface area contributed by atoms with Crippen molar-refractivity contribution in [3.05, 3.63) is 57.6 Å². The number of halogens is 4. The van der Waals surface area contributed by atoms with E-state index in [-0.39, 0.29) is 22.8 Å². The van der Waals surface area contributed by atoms with E-state index < -0.39 is 17.6 Å². The molecule has 27 heavy (non-hydrogen) atoms. The van der Waals surface area contributed by atoms with Gasteiger partial charge in [-0.2, -0.15) is 18.4 Å². The number of phenolic OH excluding ortho intramolecular Hbond substituents is 1. The molecule has 0 aliphatic heterocycles. The number of carbonyl (C=O) groups is 1. The summed E-state index contributed by atoms with van der Waals surface area (Å²) in [6.07, 6.45) is -3.34. The highest BCUT2D eigenvalue weighted by Gasteiger charge is 2.30. The lowest BCUT2D eigenvalue weighted by atomic mass is 10.1. The number of carbonyl (C=O) groups excluding carboxylic acids is 1. The number of benzene rings is 2. The van der Waals surface area contributed by atoms with E-state index in [2.05, 4.69) is 21.2 Å². The van der Waals surface area contributed by atoms with Crippen LogP contribution in [0.5, 0.6) is 11.5 Å². The van der Waals surface area contributed by atoms with E-state index in [9.17, 15) is 28.3 Å². The van der Waals surface area contributed by atoms with Crippen LogP contribution in [0.4, 0.5) is 18.9 Å². The van der Waals surface area contributed by atoms with Crippen LogP contribution in [-0.2, 0) is 11.0 Å². The molecule has 0 atom stereocenters. The van der Waals surface area contributed by atoms with Gasteiger partial charge < -0.3 is 15.2 Å². The number of methoxy groups -OCH3 is 1. The first-order valence-electron chi connectivity index (χ1n) is 7.32. The molecule has 0 radical (unpaired) electrons. The van der Waals surface area contributed by atoms with Crippen molar-refractivity contribution in [1.29, 1.82) is 5.26 Å². The second-order valence-electron chi connectivity index (χ2n) is 5.25. The third-order valence-corrected chi connectivity index (χ3v) is 4.10. The van der Waals surface area contributed by atoms with Gasteiger partial charge in [0.25, 0.3) is 5.91 Å². The first-order valence-corrected chi connectivity index (χ1v) is 8.12. The Morgan fingerprint density at radius 3 is 2.63 bits per heavy atom. The number of nitrogens with one attached hydrogen (secondary N) is 1. The SMILES string of the molecule is COc1cc(/C=C(\C#N)C(=O)Nc2cccc(C(F)(F)F)c2)c(Br)cc1O. The van der Waals surface area contributed by atoms with Crippen LogP contribution in [0.3, 0.4) is 0 Å². The lowest BCUT2D eigenvalue weighted by Gasteiger charge is -2.10. The fraction of sp³-hybridized carbons (Fsp3) is 0.111. The summed E-state index contributed by atoms with van der Waals surface area (Å²) >= 11 is 3.19. The Balaban J connectivity index is 2.32. The lowest BCUT2D eigenvalue weighted by Crippen LogP contribution is -2.14. The monoisotopic (exact) mass is 440 g/mol. The summed E-state index contributed by atoms with van der Waals surface area (Å²) < 4.78 is 43.6. The zero-order valence-electron chi connectivity index (χ0n) is 13.8. The largest absolute Gasteiger partial charge is 0.504 e. The van der Waals surface area contributed by atoms with Gasteiger partial charge in [0.1, 0.15) is 11.6 Å². The van der Waals surface area contributed by atoms with Crippen molar-refractivity contribution in [2.75, 3.05) is 12.4 Å². The predicted octanol–water partition coefficient (Wildman–Crippen LogP) is 4.73. The van der Waals surface area contributed by atoms with E-state index >= 15 is 0 Å². The highest BCUT2D eigenvalue weighted by molar-refractivity contribution is 9.10. The summed E-state index contributed by atoms with van der Waals surface area (Å²) in [4.78, 5) is 12.3. The van der Waals surface area contributed by atoms with Crippen molar-refractivity contribution in [1.82, 2.24) is 0 Å². The van der Waals surface area contributed by atoms with Crippen LogP contribution in [0, 0.1) is 11.3 Å². The molecule has 0 spiro atoms. The maximum Gasteiger partial charge on any atom is 0.416 e. The normalized spacial score (nSPS) is 11.6. The van der Waals surface area contributed by atoms with Gasteiger partial charge >= 0.3 is 6.18 Å². The summed E-state index contributed by atoms with van der Waals surface area (Å²) in [7, 11) is 1.34. The van der Waals surface area contributed by atoms with Crippen molar-refractivity contribution in [2.24, 2.45) is 0 Å². The van der Waals surface area contributed by atoms with Crippen LogP contribution in [0.2, 0.25) is 0 Å². The van der Waals surface area contributed by atoms with Crippen molar-refractivity contribution >= 4 is 33.6 Å². The Kier molecular flexibility index (Phi) is 6.13. The van der Waals surface area contributed by atoms with E-state index in [1.165, 1.54) is 31.4 Å². The van der Waals surface area contributed by atoms with Gasteiger partial charge in [-0.25, -0.2) is 0 Å². The molecule has 2 aromatic rings. The number of anilines is 1. The average molecular weight is 441 g/mol. The number of alkyl halides is 3. The number of ether oxygens (including phenoxy) is 1. The second kappa shape index (κ2) is 8.14. The van der Waals surface area contributed by atoms with Crippen LogP contribution < -0.4 is 10.1 Å². The summed E-state index contributed by atoms with van der Waals surface area (Å²) in [5.74, 6) is -0.899. The maximum atomic E-state index is 12.8. The fourth-order valence-corrected chi connectivity index (χ4v) is 2.55. The molecular formula is C18H12BrF3N2O3. The highest BCUT2D eigenvalue weighted by atomic mass is 79.9. The maximum absolute atomic E-state index is 12.8. The molecule has 1 amide bonds. The van der Waals surface area contributed by atoms with Crippen LogP contribution in [-0.4, -0.2) is 18.1 Å². The van der Waals surface area contributed by atoms with E-state index in [4.69, 9.17) is 4.74 Å². The minimum absolute atomic E-state index is 0.0988. The third kappa shape index (κ3) is 5.01. The number of hydrogen-bond donors (Lipinski definition) is 2. The third-order valence-electron chi connectivity index (χ3n) is 3.41. The number of aromatic hydroxyl groups is 1. The van der Waals surface area contributed by atoms with Gasteiger partial charge in [-0.15, -0.1) is 0 Å². The van der Waals surface area contributed by atoms with Gasteiger partial charge in [0, 0.05) is 10.2 Å². The predicted molar refractivity (Wildman–Crippen MR) is 96.0 cm³/mol. The van der Waals surface area contributed by atoms with E-state index in [0.29, 0.717) is 10.0 Å². The number of amides is 1. The zero-order chi connectivity index (χ0) is 20.2. The number of nitrogens with zero attached hydrogens (tertiary/aromatic N) is 1. The molecule has 140 valence electrons. The molecule has 0 bridgehead atoms. The number of rotatable bonds is 4. The first kappa shape index (κ1) is 20.3. The molecule has 0 saturated carbocycles. The van der Waals surface area contributed by atoms with E-state index in [0.717, 1.165) is 18.2 Å². The van der Waals surface area contributed by atoms with Gasteiger partial charge in [0.15, 0.2) is 11.5 Å². The van der Waals surface area contributed by atoms with Gasteiger partial charge in [-0.05, 0) is 42.0 Å². The molecule has 0 heterocycles. The molecule has 9 heteroatoms. The Morgan fingerprint density at radius 1 is 1.33 bits per heavy atom. The minimum atomic E-state index is -4.55. The van der Waals surface area contributed by atoms with E-state index in [1.807, 2.05) is 0 Å². The van der Waals surface area contributed by atoms with Crippen molar-refractivity contribution in [3.8, 4) is 17.6 Å². The molecular weight excluding hydrogens is 429 g/mol. The van der Waals surface area contributed by atoms with Gasteiger partial charge in [0.2, 0.25) is 0 Å². The Labute approximate surface area is 160 Å². The molecule has 2 rings (SSSR count). The lowest BCUT2D eigenvalue weighted by molar-refractivity contribution is -0.137. The van der Waals surface area contributed by atoms with Crippen LogP contribution in [0.25, 0.3) is 6.08 Å². The smallest absolute Gasteiger partial charge is 0.416 e. The van der Waals surface area contributed by atoms with Gasteiger partial charge in [-0.3, -0.25) is 4.79 Å². The van der Waals surface area contributed by atoms with Gasteiger partial charge in [0.05, 0.1) is 12.7 Å². The number of hydrogen-bond acceptors (Lipinski definition) is 4. The molecule has 2 N–H and O–H groups in total. The molecule has 0 aliphatic rings. The Morgan fingerprint density at radius 2 is 2.04 bits per heavy atom. The first-order chi connectivity index (χ1) is 12.7. The summed E-state index contributed by atoms with van der Waals surface area (Å²) in [6.45, 7) is 0. The van der Waals surface area contributed by atoms with Crippen LogP contribution in [0.15, 0.2) is 46.4 Å². The average Bonchev–Trinajstić information content (AvgIpc) is 2.60. The van der Waals surface area contributed by atoms with Crippen LogP contribution in [0.1, 0.15) is 11.1 Å². The zero-order valence-corrected chi connectivity index (χ0v) is 15.4. The van der Waals surface area contributed by atoms with Crippen LogP contribution >= 0.6 is 15.9 Å². The molecule has 5 nitrogen and oxygen atoms in total. The molecule has 0 unspecified atom stereocenters. The topological polar surface area (TPSA) is 82.3 Å². The number of phenols is 1. The molecule has 0 aliphatic carbocycles. The Hall–Kier alpha value is -2.99. The quantitative estimate of drug-likeness (QED) is 0.531. The van der Waals surface area contributed by atoms with Crippen molar-refractivity contribution < 1.29 is 27.8 Å². The minimum Gasteiger partial charge on any atom is -0.504 e.